The van der Waals surface area contributed by atoms with Crippen LogP contribution < -0.4 is 9.84 Å². The standard InChI is InChI=1S/C10H6F6O3/c11-8(9(12,13)14)10(15,16)19-6-3-1-5(2-4-6)7(17)18/h1-4,8H,(H,17,18)/p-1/t8-/m0/s1. The van der Waals surface area contributed by atoms with Gasteiger partial charge in [0.1, 0.15) is 5.75 Å². The molecule has 3 nitrogen and oxygen atoms in total. The molecule has 0 unspecified atom stereocenters. The number of alkyl halides is 6. The minimum absolute atomic E-state index is 0.400. The number of benzene rings is 1. The Bertz CT molecular complexity index is 453. The average Bonchev–Trinajstić information content (AvgIpc) is 2.27. The van der Waals surface area contributed by atoms with Crippen molar-refractivity contribution < 1.29 is 41.0 Å². The van der Waals surface area contributed by atoms with Gasteiger partial charge in [0.05, 0.1) is 5.97 Å². The lowest BCUT2D eigenvalue weighted by atomic mass is 10.2. The Kier molecular flexibility index (Phi) is 3.97. The Morgan fingerprint density at radius 3 is 1.95 bits per heavy atom. The summed E-state index contributed by atoms with van der Waals surface area (Å²) in [6.07, 6.45) is -15.4. The number of carboxylic acids is 1. The number of carboxylic acid groups (broad SMARTS) is 1. The third-order valence-corrected chi connectivity index (χ3v) is 1.93. The van der Waals surface area contributed by atoms with Gasteiger partial charge in [-0.1, -0.05) is 0 Å². The van der Waals surface area contributed by atoms with Crippen molar-refractivity contribution in [1.82, 2.24) is 0 Å². The zero-order valence-corrected chi connectivity index (χ0v) is 8.88. The molecule has 1 aromatic rings. The van der Waals surface area contributed by atoms with Gasteiger partial charge in [0.25, 0.3) is 6.17 Å². The lowest BCUT2D eigenvalue weighted by molar-refractivity contribution is -0.304. The van der Waals surface area contributed by atoms with E-state index >= 15 is 0 Å². The molecule has 106 valence electrons. The van der Waals surface area contributed by atoms with E-state index in [2.05, 4.69) is 4.74 Å². The second kappa shape index (κ2) is 4.98. The highest BCUT2D eigenvalue weighted by Gasteiger charge is 2.59. The molecule has 19 heavy (non-hydrogen) atoms. The molecule has 0 aliphatic rings. The average molecular weight is 287 g/mol. The highest BCUT2D eigenvalue weighted by atomic mass is 19.4. The summed E-state index contributed by atoms with van der Waals surface area (Å²) in [5, 5.41) is 10.3. The third-order valence-electron chi connectivity index (χ3n) is 1.93. The highest BCUT2D eigenvalue weighted by Crippen LogP contribution is 2.36. The number of hydrogen-bond donors (Lipinski definition) is 0. The second-order valence-corrected chi connectivity index (χ2v) is 3.38. The molecule has 0 bridgehead atoms. The van der Waals surface area contributed by atoms with Crippen LogP contribution in [-0.4, -0.2) is 24.4 Å². The fourth-order valence-corrected chi connectivity index (χ4v) is 1.06. The molecule has 0 aromatic heterocycles. The molecule has 0 fully saturated rings. The number of carbonyl (C=O) groups excluding carboxylic acids is 1. The summed E-state index contributed by atoms with van der Waals surface area (Å²) >= 11 is 0. The summed E-state index contributed by atoms with van der Waals surface area (Å²) in [7, 11) is 0. The maximum Gasteiger partial charge on any atom is 0.439 e. The van der Waals surface area contributed by atoms with E-state index in [1.807, 2.05) is 0 Å². The van der Waals surface area contributed by atoms with Crippen LogP contribution >= 0.6 is 0 Å². The van der Waals surface area contributed by atoms with Crippen LogP contribution in [0.3, 0.4) is 0 Å². The number of hydrogen-bond acceptors (Lipinski definition) is 3. The van der Waals surface area contributed by atoms with Crippen LogP contribution in [0, 0.1) is 0 Å². The summed E-state index contributed by atoms with van der Waals surface area (Å²) in [6.45, 7) is 0. The molecular formula is C10H5F6O3-. The Hall–Kier alpha value is -1.93. The van der Waals surface area contributed by atoms with Gasteiger partial charge in [0, 0.05) is 0 Å². The van der Waals surface area contributed by atoms with Crippen LogP contribution in [0.2, 0.25) is 0 Å². The van der Waals surface area contributed by atoms with E-state index in [0.29, 0.717) is 12.1 Å². The van der Waals surface area contributed by atoms with Crippen LogP contribution in [0.5, 0.6) is 5.75 Å². The zero-order valence-electron chi connectivity index (χ0n) is 8.88. The minimum atomic E-state index is -5.78. The lowest BCUT2D eigenvalue weighted by Gasteiger charge is -2.23. The first kappa shape index (κ1) is 15.1. The van der Waals surface area contributed by atoms with Crippen molar-refractivity contribution in [1.29, 1.82) is 0 Å². The van der Waals surface area contributed by atoms with Crippen LogP contribution in [0.4, 0.5) is 26.3 Å². The monoisotopic (exact) mass is 287 g/mol. The van der Waals surface area contributed by atoms with E-state index in [9.17, 15) is 36.2 Å². The molecule has 1 aromatic carbocycles. The van der Waals surface area contributed by atoms with Crippen LogP contribution in [0.25, 0.3) is 0 Å². The highest BCUT2D eigenvalue weighted by molar-refractivity contribution is 5.85. The third kappa shape index (κ3) is 3.76. The van der Waals surface area contributed by atoms with Crippen molar-refractivity contribution in [2.24, 2.45) is 0 Å². The Morgan fingerprint density at radius 1 is 1.11 bits per heavy atom. The Balaban J connectivity index is 2.86. The van der Waals surface area contributed by atoms with Crippen LogP contribution in [-0.2, 0) is 0 Å². The van der Waals surface area contributed by atoms with Crippen LogP contribution in [0.15, 0.2) is 24.3 Å². The van der Waals surface area contributed by atoms with E-state index in [0.717, 1.165) is 12.1 Å². The molecule has 0 saturated heterocycles. The van der Waals surface area contributed by atoms with Gasteiger partial charge in [0.2, 0.25) is 0 Å². The molecule has 0 amide bonds. The molecule has 0 aliphatic carbocycles. The van der Waals surface area contributed by atoms with Gasteiger partial charge in [-0.15, -0.1) is 0 Å². The number of halogens is 6. The van der Waals surface area contributed by atoms with Gasteiger partial charge in [-0.25, -0.2) is 4.39 Å². The molecule has 0 heterocycles. The van der Waals surface area contributed by atoms with Crippen molar-refractivity contribution in [2.45, 2.75) is 18.5 Å². The van der Waals surface area contributed by atoms with Gasteiger partial charge in [0.15, 0.2) is 0 Å². The maximum atomic E-state index is 12.8. The van der Waals surface area contributed by atoms with Crippen molar-refractivity contribution in [3.8, 4) is 5.75 Å². The molecule has 0 aliphatic heterocycles. The number of ether oxygens (including phenoxy) is 1. The molecule has 0 saturated carbocycles. The second-order valence-electron chi connectivity index (χ2n) is 3.38. The SMILES string of the molecule is O=C([O-])c1ccc(OC(F)(F)[C@@H](F)C(F)(F)F)cc1. The number of rotatable bonds is 4. The van der Waals surface area contributed by atoms with E-state index in [4.69, 9.17) is 0 Å². The summed E-state index contributed by atoms with van der Waals surface area (Å²) in [6, 6.07) is 2.84. The summed E-state index contributed by atoms with van der Waals surface area (Å²) in [4.78, 5) is 10.3. The van der Waals surface area contributed by atoms with Crippen molar-refractivity contribution in [3.05, 3.63) is 29.8 Å². The first-order chi connectivity index (χ1) is 8.54. The Morgan fingerprint density at radius 2 is 1.58 bits per heavy atom. The minimum Gasteiger partial charge on any atom is -0.545 e. The fourth-order valence-electron chi connectivity index (χ4n) is 1.06. The normalized spacial score (nSPS) is 14.0. The summed E-state index contributed by atoms with van der Waals surface area (Å²) < 4.78 is 77.1. The van der Waals surface area contributed by atoms with Gasteiger partial charge < -0.3 is 14.6 Å². The Labute approximate surface area is 102 Å². The molecule has 1 rings (SSSR count). The largest absolute Gasteiger partial charge is 0.545 e. The first-order valence-corrected chi connectivity index (χ1v) is 4.63. The predicted molar refractivity (Wildman–Crippen MR) is 47.3 cm³/mol. The number of carbonyl (C=O) groups is 1. The van der Waals surface area contributed by atoms with E-state index in [-0.39, 0.29) is 0 Å². The zero-order chi connectivity index (χ0) is 14.8. The van der Waals surface area contributed by atoms with Gasteiger partial charge in [-0.05, 0) is 29.8 Å². The molecule has 0 radical (unpaired) electrons. The van der Waals surface area contributed by atoms with Gasteiger partial charge in [-0.2, -0.15) is 22.0 Å². The number of aromatic carboxylic acids is 1. The van der Waals surface area contributed by atoms with Crippen molar-refractivity contribution in [2.75, 3.05) is 0 Å². The van der Waals surface area contributed by atoms with Gasteiger partial charge in [-0.3, -0.25) is 0 Å². The van der Waals surface area contributed by atoms with Crippen molar-refractivity contribution >= 4 is 5.97 Å². The van der Waals surface area contributed by atoms with Crippen LogP contribution in [0.1, 0.15) is 10.4 Å². The molecule has 0 N–H and O–H groups in total. The molecule has 9 heteroatoms. The van der Waals surface area contributed by atoms with Gasteiger partial charge >= 0.3 is 12.3 Å². The topological polar surface area (TPSA) is 49.4 Å². The smallest absolute Gasteiger partial charge is 0.439 e. The van der Waals surface area contributed by atoms with E-state index in [1.165, 1.54) is 0 Å². The summed E-state index contributed by atoms with van der Waals surface area (Å²) in [5.74, 6) is -2.43. The first-order valence-electron chi connectivity index (χ1n) is 4.63. The molecular weight excluding hydrogens is 282 g/mol. The van der Waals surface area contributed by atoms with E-state index < -0.39 is 35.7 Å². The fraction of sp³-hybridized carbons (Fsp3) is 0.300. The molecule has 1 atom stereocenters. The predicted octanol–water partition coefficient (Wildman–Crippen LogP) is 1.92. The molecule has 0 spiro atoms. The lowest BCUT2D eigenvalue weighted by Crippen LogP contribution is -2.45. The van der Waals surface area contributed by atoms with Crippen molar-refractivity contribution in [3.63, 3.8) is 0 Å². The summed E-state index contributed by atoms with van der Waals surface area (Å²) in [5.41, 5.74) is -0.400. The maximum absolute atomic E-state index is 12.8. The van der Waals surface area contributed by atoms with E-state index in [1.54, 1.807) is 0 Å². The quantitative estimate of drug-likeness (QED) is 0.795.